The van der Waals surface area contributed by atoms with Crippen molar-refractivity contribution < 1.29 is 29.1 Å². The van der Waals surface area contributed by atoms with Crippen molar-refractivity contribution in [1.29, 1.82) is 0 Å². The van der Waals surface area contributed by atoms with Crippen molar-refractivity contribution in [2.45, 2.75) is 66.4 Å². The Bertz CT molecular complexity index is 541. The van der Waals surface area contributed by atoms with Gasteiger partial charge >= 0.3 is 5.97 Å². The van der Waals surface area contributed by atoms with Gasteiger partial charge < -0.3 is 15.3 Å². The van der Waals surface area contributed by atoms with E-state index in [1.165, 1.54) is 0 Å². The van der Waals surface area contributed by atoms with Crippen LogP contribution in [0.1, 0.15) is 60.3 Å². The maximum Gasteiger partial charge on any atom is 0.339 e. The van der Waals surface area contributed by atoms with Crippen molar-refractivity contribution >= 4 is 23.7 Å². The molecule has 1 aliphatic heterocycles. The van der Waals surface area contributed by atoms with Gasteiger partial charge in [-0.3, -0.25) is 14.4 Å². The lowest BCUT2D eigenvalue weighted by molar-refractivity contribution is -0.206. The van der Waals surface area contributed by atoms with Crippen molar-refractivity contribution in [3.63, 3.8) is 0 Å². The van der Waals surface area contributed by atoms with Crippen LogP contribution in [0.2, 0.25) is 0 Å². The molecule has 8 nitrogen and oxygen atoms in total. The molecule has 0 aromatic heterocycles. The SMILES string of the molecule is CCC(C)(CC(C)(C)C(=O)NCC(C)O)C(=O)ON1C(=O)CCC1=O. The Morgan fingerprint density at radius 1 is 1.24 bits per heavy atom. The lowest BCUT2D eigenvalue weighted by Gasteiger charge is -2.34. The lowest BCUT2D eigenvalue weighted by Crippen LogP contribution is -2.46. The minimum Gasteiger partial charge on any atom is -0.392 e. The molecule has 1 rings (SSSR count). The van der Waals surface area contributed by atoms with Gasteiger partial charge in [-0.2, -0.15) is 0 Å². The first-order valence-corrected chi connectivity index (χ1v) is 8.47. The third kappa shape index (κ3) is 5.26. The quantitative estimate of drug-likeness (QED) is 0.625. The molecule has 8 heteroatoms. The summed E-state index contributed by atoms with van der Waals surface area (Å²) in [7, 11) is 0. The number of nitrogens with one attached hydrogen (secondary N) is 1. The maximum absolute atomic E-state index is 12.6. The first-order valence-electron chi connectivity index (χ1n) is 8.47. The molecule has 0 spiro atoms. The second-order valence-electron chi connectivity index (χ2n) is 7.49. The zero-order valence-electron chi connectivity index (χ0n) is 15.5. The molecule has 0 radical (unpaired) electrons. The highest BCUT2D eigenvalue weighted by atomic mass is 16.7. The highest BCUT2D eigenvalue weighted by Gasteiger charge is 2.44. The van der Waals surface area contributed by atoms with Crippen molar-refractivity contribution in [3.8, 4) is 0 Å². The van der Waals surface area contributed by atoms with Gasteiger partial charge in [0.15, 0.2) is 0 Å². The molecule has 1 heterocycles. The molecule has 1 aliphatic rings. The molecule has 0 aromatic carbocycles. The second-order valence-corrected chi connectivity index (χ2v) is 7.49. The first kappa shape index (κ1) is 21.1. The zero-order valence-corrected chi connectivity index (χ0v) is 15.5. The fourth-order valence-electron chi connectivity index (χ4n) is 2.73. The summed E-state index contributed by atoms with van der Waals surface area (Å²) in [6.45, 7) is 8.48. The van der Waals surface area contributed by atoms with Gasteiger partial charge in [0.25, 0.3) is 11.8 Å². The van der Waals surface area contributed by atoms with Crippen LogP contribution in [0.5, 0.6) is 0 Å². The number of hydroxylamine groups is 2. The normalized spacial score (nSPS) is 18.7. The number of hydrogen-bond acceptors (Lipinski definition) is 6. The number of aliphatic hydroxyl groups is 1. The number of carbonyl (C=O) groups excluding carboxylic acids is 4. The number of carbonyl (C=O) groups is 4. The van der Waals surface area contributed by atoms with Gasteiger partial charge in [0, 0.05) is 24.8 Å². The topological polar surface area (TPSA) is 113 Å². The Kier molecular flexibility index (Phi) is 6.70. The zero-order chi connectivity index (χ0) is 19.4. The van der Waals surface area contributed by atoms with Crippen LogP contribution in [-0.2, 0) is 24.0 Å². The molecular weight excluding hydrogens is 328 g/mol. The summed E-state index contributed by atoms with van der Waals surface area (Å²) in [6.07, 6.45) is -0.0778. The summed E-state index contributed by atoms with van der Waals surface area (Å²) in [6, 6.07) is 0. The third-order valence-corrected chi connectivity index (χ3v) is 4.46. The highest BCUT2D eigenvalue weighted by Crippen LogP contribution is 2.38. The Morgan fingerprint density at radius 2 is 1.76 bits per heavy atom. The highest BCUT2D eigenvalue weighted by molar-refractivity contribution is 6.01. The van der Waals surface area contributed by atoms with Crippen LogP contribution < -0.4 is 5.32 Å². The molecule has 0 aromatic rings. The fraction of sp³-hybridized carbons (Fsp3) is 0.765. The molecule has 2 unspecified atom stereocenters. The van der Waals surface area contributed by atoms with E-state index in [4.69, 9.17) is 4.84 Å². The van der Waals surface area contributed by atoms with Crippen molar-refractivity contribution in [2.24, 2.45) is 10.8 Å². The van der Waals surface area contributed by atoms with E-state index < -0.39 is 34.7 Å². The summed E-state index contributed by atoms with van der Waals surface area (Å²) < 4.78 is 0. The standard InChI is InChI=1S/C17H28N2O6/c1-6-17(5,10-16(3,4)14(23)18-9-11(2)20)15(24)25-19-12(21)7-8-13(19)22/h11,20H,6-10H2,1-5H3,(H,18,23). The van der Waals surface area contributed by atoms with E-state index in [1.54, 1.807) is 34.6 Å². The number of imide groups is 1. The smallest absolute Gasteiger partial charge is 0.339 e. The van der Waals surface area contributed by atoms with E-state index in [0.29, 0.717) is 11.5 Å². The Labute approximate surface area is 147 Å². The van der Waals surface area contributed by atoms with Crippen molar-refractivity contribution in [2.75, 3.05) is 6.54 Å². The van der Waals surface area contributed by atoms with Crippen molar-refractivity contribution in [1.82, 2.24) is 10.4 Å². The largest absolute Gasteiger partial charge is 0.392 e. The second kappa shape index (κ2) is 7.95. The maximum atomic E-state index is 12.6. The van der Waals surface area contributed by atoms with E-state index in [0.717, 1.165) is 0 Å². The number of aliphatic hydroxyl groups excluding tert-OH is 1. The van der Waals surface area contributed by atoms with E-state index in [1.807, 2.05) is 0 Å². The predicted molar refractivity (Wildman–Crippen MR) is 88.7 cm³/mol. The molecule has 1 fully saturated rings. The van der Waals surface area contributed by atoms with Crippen LogP contribution in [0, 0.1) is 10.8 Å². The van der Waals surface area contributed by atoms with Gasteiger partial charge in [0.2, 0.25) is 5.91 Å². The van der Waals surface area contributed by atoms with Crippen LogP contribution in [0.3, 0.4) is 0 Å². The summed E-state index contributed by atoms with van der Waals surface area (Å²) in [5.74, 6) is -2.08. The molecule has 3 amide bonds. The predicted octanol–water partition coefficient (Wildman–Crippen LogP) is 0.923. The van der Waals surface area contributed by atoms with E-state index >= 15 is 0 Å². The molecule has 2 atom stereocenters. The molecule has 2 N–H and O–H groups in total. The van der Waals surface area contributed by atoms with Crippen LogP contribution in [-0.4, -0.2) is 46.5 Å². The molecule has 1 saturated heterocycles. The monoisotopic (exact) mass is 356 g/mol. The lowest BCUT2D eigenvalue weighted by atomic mass is 9.72. The van der Waals surface area contributed by atoms with Crippen LogP contribution in [0.15, 0.2) is 0 Å². The summed E-state index contributed by atoms with van der Waals surface area (Å²) in [5, 5.41) is 12.4. The minimum absolute atomic E-state index is 0.0300. The van der Waals surface area contributed by atoms with E-state index in [-0.39, 0.29) is 31.7 Å². The molecule has 0 saturated carbocycles. The Hall–Kier alpha value is -1.96. The van der Waals surface area contributed by atoms with Gasteiger partial charge in [-0.15, -0.1) is 5.06 Å². The average molecular weight is 356 g/mol. The molecule has 0 bridgehead atoms. The van der Waals surface area contributed by atoms with Crippen LogP contribution in [0.4, 0.5) is 0 Å². The van der Waals surface area contributed by atoms with Gasteiger partial charge in [-0.25, -0.2) is 4.79 Å². The van der Waals surface area contributed by atoms with Gasteiger partial charge in [0.05, 0.1) is 11.5 Å². The molecule has 142 valence electrons. The Balaban J connectivity index is 2.82. The third-order valence-electron chi connectivity index (χ3n) is 4.46. The molecular formula is C17H28N2O6. The summed E-state index contributed by atoms with van der Waals surface area (Å²) >= 11 is 0. The van der Waals surface area contributed by atoms with Crippen LogP contribution >= 0.6 is 0 Å². The number of nitrogens with zero attached hydrogens (tertiary/aromatic N) is 1. The molecule has 0 aliphatic carbocycles. The first-order chi connectivity index (χ1) is 11.4. The number of amides is 3. The number of rotatable bonds is 8. The Morgan fingerprint density at radius 3 is 2.20 bits per heavy atom. The number of hydrogen-bond donors (Lipinski definition) is 2. The average Bonchev–Trinajstić information content (AvgIpc) is 2.83. The van der Waals surface area contributed by atoms with Gasteiger partial charge in [-0.1, -0.05) is 20.8 Å². The minimum atomic E-state index is -1.05. The van der Waals surface area contributed by atoms with Crippen molar-refractivity contribution in [3.05, 3.63) is 0 Å². The summed E-state index contributed by atoms with van der Waals surface area (Å²) in [4.78, 5) is 53.2. The molecule has 25 heavy (non-hydrogen) atoms. The van der Waals surface area contributed by atoms with Gasteiger partial charge in [-0.05, 0) is 26.7 Å². The van der Waals surface area contributed by atoms with Crippen LogP contribution in [0.25, 0.3) is 0 Å². The fourth-order valence-corrected chi connectivity index (χ4v) is 2.73. The van der Waals surface area contributed by atoms with E-state index in [2.05, 4.69) is 5.32 Å². The van der Waals surface area contributed by atoms with E-state index in [9.17, 15) is 24.3 Å². The summed E-state index contributed by atoms with van der Waals surface area (Å²) in [5.41, 5.74) is -1.95. The van der Waals surface area contributed by atoms with Gasteiger partial charge in [0.1, 0.15) is 0 Å².